The van der Waals surface area contributed by atoms with Crippen LogP contribution in [0.5, 0.6) is 0 Å². The van der Waals surface area contributed by atoms with Crippen LogP contribution in [0.2, 0.25) is 0 Å². The molecule has 1 unspecified atom stereocenters. The lowest BCUT2D eigenvalue weighted by Crippen LogP contribution is -2.18. The van der Waals surface area contributed by atoms with Gasteiger partial charge in [-0.05, 0) is 48.9 Å². The van der Waals surface area contributed by atoms with Gasteiger partial charge in [0, 0.05) is 11.6 Å². The first kappa shape index (κ1) is 13.7. The van der Waals surface area contributed by atoms with E-state index in [0.717, 1.165) is 22.0 Å². The van der Waals surface area contributed by atoms with E-state index in [4.69, 9.17) is 0 Å². The maximum Gasteiger partial charge on any atom is 0.126 e. The molecule has 2 nitrogen and oxygen atoms in total. The fourth-order valence-electron chi connectivity index (χ4n) is 2.58. The van der Waals surface area contributed by atoms with Gasteiger partial charge in [-0.15, -0.1) is 0 Å². The summed E-state index contributed by atoms with van der Waals surface area (Å²) in [7, 11) is 1.88. The lowest BCUT2D eigenvalue weighted by Gasteiger charge is -2.18. The summed E-state index contributed by atoms with van der Waals surface area (Å²) in [5, 5.41) is 4.35. The zero-order valence-corrected chi connectivity index (χ0v) is 12.1. The highest BCUT2D eigenvalue weighted by Crippen LogP contribution is 2.25. The molecule has 3 heteroatoms. The Morgan fingerprint density at radius 3 is 2.57 bits per heavy atom. The van der Waals surface area contributed by atoms with Crippen molar-refractivity contribution in [2.24, 2.45) is 0 Å². The molecule has 2 aromatic carbocycles. The Morgan fingerprint density at radius 2 is 1.81 bits per heavy atom. The van der Waals surface area contributed by atoms with E-state index in [2.05, 4.69) is 16.4 Å². The monoisotopic (exact) mass is 280 g/mol. The highest BCUT2D eigenvalue weighted by Gasteiger charge is 2.14. The van der Waals surface area contributed by atoms with Gasteiger partial charge in [0.25, 0.3) is 0 Å². The lowest BCUT2D eigenvalue weighted by molar-refractivity contribution is 0.608. The predicted molar refractivity (Wildman–Crippen MR) is 83.8 cm³/mol. The van der Waals surface area contributed by atoms with Crippen molar-refractivity contribution in [1.82, 2.24) is 10.3 Å². The van der Waals surface area contributed by atoms with Crippen molar-refractivity contribution in [2.75, 3.05) is 7.05 Å². The molecule has 0 saturated heterocycles. The van der Waals surface area contributed by atoms with E-state index in [0.29, 0.717) is 5.56 Å². The molecule has 0 saturated carbocycles. The molecule has 1 aromatic heterocycles. The van der Waals surface area contributed by atoms with E-state index in [1.165, 1.54) is 0 Å². The first-order chi connectivity index (χ1) is 10.2. The van der Waals surface area contributed by atoms with Gasteiger partial charge >= 0.3 is 0 Å². The molecule has 0 aliphatic carbocycles. The Balaban J connectivity index is 2.06. The van der Waals surface area contributed by atoms with Crippen LogP contribution in [0.1, 0.15) is 22.7 Å². The van der Waals surface area contributed by atoms with Crippen LogP contribution in [0, 0.1) is 12.7 Å². The quantitative estimate of drug-likeness (QED) is 0.784. The molecule has 0 amide bonds. The molecule has 106 valence electrons. The Bertz CT molecular complexity index is 783. The second-order valence-electron chi connectivity index (χ2n) is 5.19. The molecule has 0 aliphatic rings. The number of aryl methyl sites for hydroxylation is 1. The molecular weight excluding hydrogens is 263 g/mol. The lowest BCUT2D eigenvalue weighted by atomic mass is 9.96. The van der Waals surface area contributed by atoms with Gasteiger partial charge in [0.1, 0.15) is 5.82 Å². The van der Waals surface area contributed by atoms with Gasteiger partial charge < -0.3 is 5.32 Å². The number of rotatable bonds is 3. The minimum absolute atomic E-state index is 0.0495. The molecular formula is C18H17FN2. The van der Waals surface area contributed by atoms with E-state index >= 15 is 0 Å². The first-order valence-corrected chi connectivity index (χ1v) is 6.97. The van der Waals surface area contributed by atoms with E-state index in [1.807, 2.05) is 43.4 Å². The Morgan fingerprint density at radius 1 is 1.05 bits per heavy atom. The molecule has 0 fully saturated rings. The topological polar surface area (TPSA) is 24.9 Å². The van der Waals surface area contributed by atoms with Crippen LogP contribution in [0.4, 0.5) is 4.39 Å². The highest BCUT2D eigenvalue weighted by molar-refractivity contribution is 5.79. The number of fused-ring (bicyclic) bond motifs is 1. The van der Waals surface area contributed by atoms with Crippen LogP contribution >= 0.6 is 0 Å². The smallest absolute Gasteiger partial charge is 0.126 e. The standard InChI is InChI=1S/C18H17FN2/c1-12-5-6-14(10-16(12)19)18(20-2)15-8-7-13-4-3-9-21-17(13)11-15/h3-11,18,20H,1-2H3. The number of benzene rings is 2. The average molecular weight is 280 g/mol. The van der Waals surface area contributed by atoms with Crippen LogP contribution < -0.4 is 5.32 Å². The Kier molecular flexibility index (Phi) is 3.67. The van der Waals surface area contributed by atoms with Gasteiger partial charge in [0.05, 0.1) is 11.6 Å². The summed E-state index contributed by atoms with van der Waals surface area (Å²) >= 11 is 0. The number of hydrogen-bond donors (Lipinski definition) is 1. The van der Waals surface area contributed by atoms with E-state index in [9.17, 15) is 4.39 Å². The third-order valence-electron chi connectivity index (χ3n) is 3.78. The van der Waals surface area contributed by atoms with Gasteiger partial charge in [0.15, 0.2) is 0 Å². The van der Waals surface area contributed by atoms with Crippen molar-refractivity contribution in [3.05, 3.63) is 77.2 Å². The maximum absolute atomic E-state index is 13.8. The minimum atomic E-state index is -0.174. The second-order valence-corrected chi connectivity index (χ2v) is 5.19. The number of nitrogens with zero attached hydrogens (tertiary/aromatic N) is 1. The average Bonchev–Trinajstić information content (AvgIpc) is 2.51. The Hall–Kier alpha value is -2.26. The van der Waals surface area contributed by atoms with Crippen molar-refractivity contribution in [2.45, 2.75) is 13.0 Å². The van der Waals surface area contributed by atoms with Crippen molar-refractivity contribution in [3.8, 4) is 0 Å². The van der Waals surface area contributed by atoms with Crippen molar-refractivity contribution in [3.63, 3.8) is 0 Å². The number of aromatic nitrogens is 1. The molecule has 1 heterocycles. The zero-order chi connectivity index (χ0) is 14.8. The fraction of sp³-hybridized carbons (Fsp3) is 0.167. The van der Waals surface area contributed by atoms with Crippen molar-refractivity contribution in [1.29, 1.82) is 0 Å². The molecule has 0 spiro atoms. The van der Waals surface area contributed by atoms with Gasteiger partial charge in [-0.3, -0.25) is 4.98 Å². The normalized spacial score (nSPS) is 12.5. The molecule has 3 aromatic rings. The number of hydrogen-bond acceptors (Lipinski definition) is 2. The Labute approximate surface area is 123 Å². The van der Waals surface area contributed by atoms with Crippen LogP contribution in [0.25, 0.3) is 10.9 Å². The van der Waals surface area contributed by atoms with E-state index in [-0.39, 0.29) is 11.9 Å². The van der Waals surface area contributed by atoms with Crippen LogP contribution in [-0.4, -0.2) is 12.0 Å². The summed E-state index contributed by atoms with van der Waals surface area (Å²) in [6.45, 7) is 1.77. The largest absolute Gasteiger partial charge is 0.309 e. The van der Waals surface area contributed by atoms with Gasteiger partial charge in [-0.2, -0.15) is 0 Å². The SMILES string of the molecule is CNC(c1ccc(C)c(F)c1)c1ccc2cccnc2c1. The van der Waals surface area contributed by atoms with Gasteiger partial charge in [-0.25, -0.2) is 4.39 Å². The predicted octanol–water partition coefficient (Wildman–Crippen LogP) is 3.99. The zero-order valence-electron chi connectivity index (χ0n) is 12.1. The van der Waals surface area contributed by atoms with E-state index < -0.39 is 0 Å². The molecule has 0 bridgehead atoms. The molecule has 21 heavy (non-hydrogen) atoms. The molecule has 0 aliphatic heterocycles. The minimum Gasteiger partial charge on any atom is -0.309 e. The maximum atomic E-state index is 13.8. The molecule has 1 atom stereocenters. The first-order valence-electron chi connectivity index (χ1n) is 6.97. The number of nitrogens with one attached hydrogen (secondary N) is 1. The summed E-state index contributed by atoms with van der Waals surface area (Å²) in [5.41, 5.74) is 3.60. The van der Waals surface area contributed by atoms with Gasteiger partial charge in [0.2, 0.25) is 0 Å². The van der Waals surface area contributed by atoms with Crippen molar-refractivity contribution < 1.29 is 4.39 Å². The third-order valence-corrected chi connectivity index (χ3v) is 3.78. The van der Waals surface area contributed by atoms with Crippen LogP contribution in [0.3, 0.4) is 0 Å². The van der Waals surface area contributed by atoms with Crippen molar-refractivity contribution >= 4 is 10.9 Å². The summed E-state index contributed by atoms with van der Waals surface area (Å²) in [5.74, 6) is -0.174. The number of pyridine rings is 1. The molecule has 0 radical (unpaired) electrons. The molecule has 1 N–H and O–H groups in total. The third kappa shape index (κ3) is 2.65. The fourth-order valence-corrected chi connectivity index (χ4v) is 2.58. The number of halogens is 1. The molecule has 3 rings (SSSR count). The summed E-state index contributed by atoms with van der Waals surface area (Å²) in [6, 6.07) is 15.4. The van der Waals surface area contributed by atoms with E-state index in [1.54, 1.807) is 19.2 Å². The second kappa shape index (κ2) is 5.62. The van der Waals surface area contributed by atoms with Crippen LogP contribution in [-0.2, 0) is 0 Å². The van der Waals surface area contributed by atoms with Crippen LogP contribution in [0.15, 0.2) is 54.7 Å². The van der Waals surface area contributed by atoms with Gasteiger partial charge in [-0.1, -0.05) is 30.3 Å². The summed E-state index contributed by atoms with van der Waals surface area (Å²) < 4.78 is 13.8. The summed E-state index contributed by atoms with van der Waals surface area (Å²) in [6.07, 6.45) is 1.78. The highest BCUT2D eigenvalue weighted by atomic mass is 19.1. The summed E-state index contributed by atoms with van der Waals surface area (Å²) in [4.78, 5) is 4.38.